The Morgan fingerprint density at radius 2 is 2.46 bits per heavy atom. The van der Waals surface area contributed by atoms with E-state index in [1.165, 1.54) is 7.11 Å². The average Bonchev–Trinajstić information content (AvgIpc) is 2.56. The molecule has 1 atom stereocenters. The van der Waals surface area contributed by atoms with Crippen LogP contribution >= 0.6 is 0 Å². The fraction of sp³-hybridized carbons (Fsp3) is 0.556. The third-order valence-electron chi connectivity index (χ3n) is 1.85. The molecule has 1 aromatic rings. The minimum absolute atomic E-state index is 0.502. The number of nitrogens with zero attached hydrogens (tertiary/aromatic N) is 2. The van der Waals surface area contributed by atoms with Crippen molar-refractivity contribution in [3.8, 4) is 0 Å². The average molecular weight is 183 g/mol. The Morgan fingerprint density at radius 1 is 1.69 bits per heavy atom. The first kappa shape index (κ1) is 9.92. The summed E-state index contributed by atoms with van der Waals surface area (Å²) in [6, 6.07) is 0. The van der Waals surface area contributed by atoms with Gasteiger partial charge in [0.05, 0.1) is 6.54 Å². The van der Waals surface area contributed by atoms with Crippen LogP contribution in [-0.4, -0.2) is 18.0 Å². The minimum atomic E-state index is -0.502. The van der Waals surface area contributed by atoms with Crippen molar-refractivity contribution >= 4 is 6.29 Å². The molecule has 4 nitrogen and oxygen atoms in total. The zero-order chi connectivity index (χ0) is 9.68. The Bertz CT molecular complexity index is 270. The molecule has 0 aromatic carbocycles. The number of aryl methyl sites for hydroxylation is 1. The molecule has 0 bridgehead atoms. The lowest BCUT2D eigenvalue weighted by Crippen LogP contribution is -2.30. The summed E-state index contributed by atoms with van der Waals surface area (Å²) < 4.78 is 8.72. The number of rotatable bonds is 5. The lowest BCUT2D eigenvalue weighted by atomic mass is 10.5. The van der Waals surface area contributed by atoms with E-state index in [1.807, 2.05) is 23.3 Å². The van der Waals surface area contributed by atoms with Crippen molar-refractivity contribution < 1.29 is 14.1 Å². The van der Waals surface area contributed by atoms with Crippen LogP contribution in [0.15, 0.2) is 18.7 Å². The summed E-state index contributed by atoms with van der Waals surface area (Å²) >= 11 is 0. The van der Waals surface area contributed by atoms with Crippen molar-refractivity contribution in [2.75, 3.05) is 7.11 Å². The SMILES string of the molecule is CCC[n+]1ccn(C(C=O)OC)c1. The minimum Gasteiger partial charge on any atom is -0.337 e. The van der Waals surface area contributed by atoms with Gasteiger partial charge in [-0.1, -0.05) is 6.92 Å². The molecule has 1 rings (SSSR count). The number of carbonyl (C=O) groups is 1. The number of aromatic nitrogens is 2. The molecular weight excluding hydrogens is 168 g/mol. The zero-order valence-corrected chi connectivity index (χ0v) is 8.01. The highest BCUT2D eigenvalue weighted by Gasteiger charge is 2.13. The van der Waals surface area contributed by atoms with Gasteiger partial charge < -0.3 is 4.74 Å². The van der Waals surface area contributed by atoms with E-state index in [4.69, 9.17) is 4.74 Å². The molecule has 72 valence electrons. The fourth-order valence-electron chi connectivity index (χ4n) is 1.20. The number of methoxy groups -OCH3 is 1. The van der Waals surface area contributed by atoms with Crippen LogP contribution in [-0.2, 0) is 16.1 Å². The van der Waals surface area contributed by atoms with Gasteiger partial charge in [-0.05, 0) is 6.42 Å². The number of hydrogen-bond acceptors (Lipinski definition) is 2. The van der Waals surface area contributed by atoms with Gasteiger partial charge in [-0.3, -0.25) is 4.79 Å². The molecule has 0 saturated heterocycles. The maximum atomic E-state index is 10.5. The van der Waals surface area contributed by atoms with Gasteiger partial charge in [0, 0.05) is 7.11 Å². The van der Waals surface area contributed by atoms with Crippen molar-refractivity contribution in [1.82, 2.24) is 4.57 Å². The molecule has 0 spiro atoms. The Morgan fingerprint density at radius 3 is 3.00 bits per heavy atom. The van der Waals surface area contributed by atoms with Crippen molar-refractivity contribution in [3.63, 3.8) is 0 Å². The summed E-state index contributed by atoms with van der Waals surface area (Å²) in [7, 11) is 1.52. The van der Waals surface area contributed by atoms with Crippen molar-refractivity contribution in [2.24, 2.45) is 0 Å². The summed E-state index contributed by atoms with van der Waals surface area (Å²) in [6.07, 6.45) is 6.98. The second kappa shape index (κ2) is 4.77. The van der Waals surface area contributed by atoms with E-state index in [0.717, 1.165) is 19.3 Å². The Labute approximate surface area is 77.7 Å². The zero-order valence-electron chi connectivity index (χ0n) is 8.01. The molecule has 0 radical (unpaired) electrons. The largest absolute Gasteiger partial charge is 0.337 e. The number of imidazole rings is 1. The number of aldehydes is 1. The van der Waals surface area contributed by atoms with Gasteiger partial charge in [-0.2, -0.15) is 0 Å². The highest BCUT2D eigenvalue weighted by molar-refractivity contribution is 5.53. The van der Waals surface area contributed by atoms with E-state index in [1.54, 1.807) is 4.57 Å². The van der Waals surface area contributed by atoms with Gasteiger partial charge in [0.1, 0.15) is 12.4 Å². The van der Waals surface area contributed by atoms with Gasteiger partial charge in [0.25, 0.3) is 6.23 Å². The molecule has 0 saturated carbocycles. The molecule has 0 aliphatic rings. The maximum Gasteiger partial charge on any atom is 0.258 e. The third-order valence-corrected chi connectivity index (χ3v) is 1.85. The quantitative estimate of drug-likeness (QED) is 0.493. The van der Waals surface area contributed by atoms with Gasteiger partial charge in [-0.25, -0.2) is 9.13 Å². The van der Waals surface area contributed by atoms with Gasteiger partial charge in [0.15, 0.2) is 6.29 Å². The second-order valence-corrected chi connectivity index (χ2v) is 2.86. The van der Waals surface area contributed by atoms with Crippen LogP contribution < -0.4 is 4.57 Å². The van der Waals surface area contributed by atoms with Crippen LogP contribution in [0.2, 0.25) is 0 Å². The Hall–Kier alpha value is -1.16. The smallest absolute Gasteiger partial charge is 0.258 e. The van der Waals surface area contributed by atoms with Crippen LogP contribution in [0, 0.1) is 0 Å². The molecule has 1 unspecified atom stereocenters. The number of hydrogen-bond donors (Lipinski definition) is 0. The van der Waals surface area contributed by atoms with Crippen LogP contribution in [0.25, 0.3) is 0 Å². The van der Waals surface area contributed by atoms with Crippen molar-refractivity contribution in [1.29, 1.82) is 0 Å². The van der Waals surface area contributed by atoms with E-state index in [0.29, 0.717) is 0 Å². The molecule has 1 heterocycles. The summed E-state index contributed by atoms with van der Waals surface area (Å²) in [6.45, 7) is 3.07. The lowest BCUT2D eigenvalue weighted by molar-refractivity contribution is -0.696. The van der Waals surface area contributed by atoms with E-state index in [-0.39, 0.29) is 0 Å². The molecule has 1 aromatic heterocycles. The molecule has 0 fully saturated rings. The molecule has 4 heteroatoms. The van der Waals surface area contributed by atoms with Crippen LogP contribution in [0.1, 0.15) is 19.6 Å². The van der Waals surface area contributed by atoms with Crippen LogP contribution in [0.5, 0.6) is 0 Å². The van der Waals surface area contributed by atoms with Gasteiger partial charge in [0.2, 0.25) is 6.33 Å². The second-order valence-electron chi connectivity index (χ2n) is 2.86. The van der Waals surface area contributed by atoms with Gasteiger partial charge >= 0.3 is 0 Å². The van der Waals surface area contributed by atoms with E-state index in [2.05, 4.69) is 6.92 Å². The summed E-state index contributed by atoms with van der Waals surface area (Å²) in [4.78, 5) is 10.5. The molecule has 0 N–H and O–H groups in total. The van der Waals surface area contributed by atoms with Crippen LogP contribution in [0.4, 0.5) is 0 Å². The first-order chi connectivity index (χ1) is 6.31. The van der Waals surface area contributed by atoms with Crippen LogP contribution in [0.3, 0.4) is 0 Å². The van der Waals surface area contributed by atoms with E-state index in [9.17, 15) is 4.79 Å². The van der Waals surface area contributed by atoms with Crippen molar-refractivity contribution in [2.45, 2.75) is 26.1 Å². The topological polar surface area (TPSA) is 35.1 Å². The predicted molar refractivity (Wildman–Crippen MR) is 47.0 cm³/mol. The predicted octanol–water partition coefficient (Wildman–Crippen LogP) is 0.529. The normalized spacial score (nSPS) is 12.8. The number of ether oxygens (including phenoxy) is 1. The molecule has 13 heavy (non-hydrogen) atoms. The standard InChI is InChI=1S/C9H15N2O2/c1-3-4-10-5-6-11(8-10)9(7-12)13-2/h5-9H,3-4H2,1-2H3/q+1. The monoisotopic (exact) mass is 183 g/mol. The fourth-order valence-corrected chi connectivity index (χ4v) is 1.20. The molecule has 0 amide bonds. The lowest BCUT2D eigenvalue weighted by Gasteiger charge is -2.01. The summed E-state index contributed by atoms with van der Waals surface area (Å²) in [5.74, 6) is 0. The molecule has 0 aliphatic carbocycles. The summed E-state index contributed by atoms with van der Waals surface area (Å²) in [5, 5.41) is 0. The van der Waals surface area contributed by atoms with E-state index >= 15 is 0 Å². The first-order valence-electron chi connectivity index (χ1n) is 4.36. The first-order valence-corrected chi connectivity index (χ1v) is 4.36. The summed E-state index contributed by atoms with van der Waals surface area (Å²) in [5.41, 5.74) is 0. The molecule has 0 aliphatic heterocycles. The van der Waals surface area contributed by atoms with Crippen molar-refractivity contribution in [3.05, 3.63) is 18.7 Å². The van der Waals surface area contributed by atoms with E-state index < -0.39 is 6.23 Å². The maximum absolute atomic E-state index is 10.5. The third kappa shape index (κ3) is 2.39. The Kier molecular flexibility index (Phi) is 3.64. The highest BCUT2D eigenvalue weighted by Crippen LogP contribution is 2.00. The van der Waals surface area contributed by atoms with Gasteiger partial charge in [-0.15, -0.1) is 0 Å². The number of carbonyl (C=O) groups excluding carboxylic acids is 1. The Balaban J connectivity index is 2.71. The molecular formula is C9H15N2O2+. The highest BCUT2D eigenvalue weighted by atomic mass is 16.5.